The van der Waals surface area contributed by atoms with Crippen LogP contribution in [-0.4, -0.2) is 96.7 Å². The molecule has 3 N–H and O–H groups in total. The van der Waals surface area contributed by atoms with Crippen LogP contribution >= 0.6 is 15.6 Å². The van der Waals surface area contributed by atoms with Crippen LogP contribution in [0.25, 0.3) is 0 Å². The number of aliphatic hydroxyl groups is 1. The Hall–Kier alpha value is -1.94. The van der Waals surface area contributed by atoms with Gasteiger partial charge in [0.2, 0.25) is 0 Å². The van der Waals surface area contributed by atoms with Gasteiger partial charge in [0.05, 0.1) is 26.4 Å². The fourth-order valence-corrected chi connectivity index (χ4v) is 12.5. The minimum absolute atomic E-state index is 0.107. The van der Waals surface area contributed by atoms with Gasteiger partial charge in [-0.05, 0) is 37.5 Å². The maximum absolute atomic E-state index is 13.0. The normalized spacial score (nSPS) is 14.1. The summed E-state index contributed by atoms with van der Waals surface area (Å²) in [6.45, 7) is 9.56. The quantitative estimate of drug-likeness (QED) is 0.0222. The molecule has 0 aliphatic heterocycles. The maximum Gasteiger partial charge on any atom is 0.472 e. The van der Waals surface area contributed by atoms with E-state index in [0.29, 0.717) is 25.7 Å². The number of rotatable bonds is 71. The lowest BCUT2D eigenvalue weighted by molar-refractivity contribution is -0.161. The number of esters is 4. The first-order valence-corrected chi connectivity index (χ1v) is 40.5. The molecule has 0 rings (SSSR count). The molecule has 0 aromatic rings. The molecule has 17 nitrogen and oxygen atoms in total. The molecule has 0 aromatic carbocycles. The second kappa shape index (κ2) is 64.1. The highest BCUT2D eigenvalue weighted by Crippen LogP contribution is 2.45. The summed E-state index contributed by atoms with van der Waals surface area (Å²) in [6, 6.07) is 0. The fourth-order valence-electron chi connectivity index (χ4n) is 10.9. The molecule has 0 aliphatic carbocycles. The van der Waals surface area contributed by atoms with Crippen molar-refractivity contribution in [2.75, 3.05) is 39.6 Å². The molecule has 0 aliphatic rings. The van der Waals surface area contributed by atoms with E-state index in [9.17, 15) is 43.2 Å². The molecule has 0 bridgehead atoms. The van der Waals surface area contributed by atoms with Crippen molar-refractivity contribution < 1.29 is 80.2 Å². The number of hydrogen-bond acceptors (Lipinski definition) is 15. The Balaban J connectivity index is 5.25. The van der Waals surface area contributed by atoms with Gasteiger partial charge in [0.15, 0.2) is 12.2 Å². The van der Waals surface area contributed by atoms with Gasteiger partial charge in [-0.15, -0.1) is 0 Å². The van der Waals surface area contributed by atoms with Crippen LogP contribution in [0.3, 0.4) is 0 Å². The molecule has 5 atom stereocenters. The third-order valence-corrected chi connectivity index (χ3v) is 18.6. The number of unbranched alkanes of at least 4 members (excludes halogenated alkanes) is 41. The molecule has 91 heavy (non-hydrogen) atoms. The van der Waals surface area contributed by atoms with Crippen LogP contribution in [0.15, 0.2) is 0 Å². The Morgan fingerprint density at radius 2 is 0.505 bits per heavy atom. The molecule has 0 aromatic heterocycles. The molecular weight excluding hydrogens is 1200 g/mol. The molecule has 0 fully saturated rings. The van der Waals surface area contributed by atoms with Crippen LogP contribution in [0.2, 0.25) is 0 Å². The van der Waals surface area contributed by atoms with Gasteiger partial charge < -0.3 is 33.8 Å². The molecule has 0 spiro atoms. The molecular formula is C72H140O17P2. The maximum atomic E-state index is 13.0. The summed E-state index contributed by atoms with van der Waals surface area (Å²) in [5.74, 6) is -0.589. The molecule has 2 unspecified atom stereocenters. The summed E-state index contributed by atoms with van der Waals surface area (Å²) in [5, 5.41) is 10.6. The zero-order valence-corrected chi connectivity index (χ0v) is 60.9. The third-order valence-electron chi connectivity index (χ3n) is 16.7. The number of aliphatic hydroxyl groups excluding tert-OH is 1. The molecule has 0 saturated carbocycles. The minimum Gasteiger partial charge on any atom is -0.462 e. The van der Waals surface area contributed by atoms with Crippen LogP contribution in [0, 0.1) is 11.8 Å². The summed E-state index contributed by atoms with van der Waals surface area (Å²) in [5.41, 5.74) is 0. The average molecular weight is 1340 g/mol. The van der Waals surface area contributed by atoms with Gasteiger partial charge in [0.25, 0.3) is 0 Å². The number of phosphoric acid groups is 2. The van der Waals surface area contributed by atoms with E-state index >= 15 is 0 Å². The lowest BCUT2D eigenvalue weighted by Gasteiger charge is -2.21. The van der Waals surface area contributed by atoms with Crippen molar-refractivity contribution in [3.05, 3.63) is 0 Å². The fraction of sp³-hybridized carbons (Fsp3) is 0.944. The van der Waals surface area contributed by atoms with Gasteiger partial charge in [-0.25, -0.2) is 9.13 Å². The standard InChI is InChI=1S/C72H140O17P2/c1-7-9-11-13-15-17-19-25-31-38-44-50-56-71(76)88-67(60-82-69(74)54-48-42-36-30-23-18-16-14-12-10-8-2)62-86-90(78,79)84-58-66(73)59-85-91(80,81)87-63-68(61-83-70(75)55-49-43-37-33-27-29-35-41-47-53-65(5)6)89-72(77)57-51-45-39-32-26-22-20-21-24-28-34-40-46-52-64(3)4/h64-68,73H,7-63H2,1-6H3,(H,78,79)(H,80,81)/t66-,67+,68+/m0/s1. The van der Waals surface area contributed by atoms with Crippen molar-refractivity contribution >= 4 is 39.5 Å². The second-order valence-electron chi connectivity index (χ2n) is 26.9. The molecule has 0 heterocycles. The van der Waals surface area contributed by atoms with Gasteiger partial charge in [-0.3, -0.25) is 37.3 Å². The zero-order chi connectivity index (χ0) is 67.2. The first-order valence-electron chi connectivity index (χ1n) is 37.5. The Morgan fingerprint density at radius 1 is 0.297 bits per heavy atom. The van der Waals surface area contributed by atoms with E-state index in [-0.39, 0.29) is 25.7 Å². The van der Waals surface area contributed by atoms with Crippen LogP contribution in [0.4, 0.5) is 0 Å². The Morgan fingerprint density at radius 3 is 0.747 bits per heavy atom. The highest BCUT2D eigenvalue weighted by Gasteiger charge is 2.30. The van der Waals surface area contributed by atoms with Crippen LogP contribution < -0.4 is 0 Å². The molecule has 0 amide bonds. The Kier molecular flexibility index (Phi) is 62.7. The summed E-state index contributed by atoms with van der Waals surface area (Å²) in [6.07, 6.45) is 49.8. The Bertz CT molecular complexity index is 1770. The number of carbonyl (C=O) groups is 4. The van der Waals surface area contributed by atoms with Gasteiger partial charge >= 0.3 is 39.5 Å². The lowest BCUT2D eigenvalue weighted by Crippen LogP contribution is -2.30. The van der Waals surface area contributed by atoms with E-state index < -0.39 is 97.5 Å². The predicted octanol–water partition coefficient (Wildman–Crippen LogP) is 20.8. The van der Waals surface area contributed by atoms with E-state index in [0.717, 1.165) is 102 Å². The topological polar surface area (TPSA) is 237 Å². The van der Waals surface area contributed by atoms with Crippen molar-refractivity contribution in [2.45, 2.75) is 387 Å². The monoisotopic (exact) mass is 1340 g/mol. The number of hydrogen-bond donors (Lipinski definition) is 3. The summed E-state index contributed by atoms with van der Waals surface area (Å²) >= 11 is 0. The van der Waals surface area contributed by atoms with E-state index in [1.807, 2.05) is 0 Å². The predicted molar refractivity (Wildman–Crippen MR) is 368 cm³/mol. The zero-order valence-electron chi connectivity index (χ0n) is 59.1. The average Bonchev–Trinajstić information content (AvgIpc) is 3.42. The summed E-state index contributed by atoms with van der Waals surface area (Å²) < 4.78 is 68.4. The number of ether oxygens (including phenoxy) is 4. The lowest BCUT2D eigenvalue weighted by atomic mass is 10.0. The van der Waals surface area contributed by atoms with E-state index in [1.165, 1.54) is 186 Å². The van der Waals surface area contributed by atoms with Crippen molar-refractivity contribution in [1.82, 2.24) is 0 Å². The van der Waals surface area contributed by atoms with Crippen molar-refractivity contribution in [3.8, 4) is 0 Å². The van der Waals surface area contributed by atoms with E-state index in [2.05, 4.69) is 41.5 Å². The van der Waals surface area contributed by atoms with Gasteiger partial charge in [0.1, 0.15) is 19.3 Å². The number of phosphoric ester groups is 2. The van der Waals surface area contributed by atoms with Crippen LogP contribution in [-0.2, 0) is 65.4 Å². The summed E-state index contributed by atoms with van der Waals surface area (Å²) in [7, 11) is -9.90. The summed E-state index contributed by atoms with van der Waals surface area (Å²) in [4.78, 5) is 72.6. The van der Waals surface area contributed by atoms with Crippen molar-refractivity contribution in [1.29, 1.82) is 0 Å². The highest BCUT2D eigenvalue weighted by atomic mass is 31.2. The number of carbonyl (C=O) groups excluding carboxylic acids is 4. The van der Waals surface area contributed by atoms with E-state index in [1.54, 1.807) is 0 Å². The van der Waals surface area contributed by atoms with Gasteiger partial charge in [-0.1, -0.05) is 318 Å². The smallest absolute Gasteiger partial charge is 0.462 e. The third kappa shape index (κ3) is 66.5. The Labute approximate surface area is 556 Å². The van der Waals surface area contributed by atoms with Crippen LogP contribution in [0.5, 0.6) is 0 Å². The largest absolute Gasteiger partial charge is 0.472 e. The first kappa shape index (κ1) is 89.1. The molecule has 0 radical (unpaired) electrons. The van der Waals surface area contributed by atoms with Crippen LogP contribution in [0.1, 0.15) is 369 Å². The molecule has 0 saturated heterocycles. The first-order chi connectivity index (χ1) is 43.9. The van der Waals surface area contributed by atoms with E-state index in [4.69, 9.17) is 37.0 Å². The molecule has 19 heteroatoms. The second-order valence-corrected chi connectivity index (χ2v) is 29.8. The van der Waals surface area contributed by atoms with Gasteiger partial charge in [0, 0.05) is 25.7 Å². The SMILES string of the molecule is CCCCCCCCCCCCCCC(=O)O[C@H](COC(=O)CCCCCCCCCCCCC)COP(=O)(O)OC[C@H](O)COP(=O)(O)OC[C@@H](COC(=O)CCCCCCCCCCCC(C)C)OC(=O)CCCCCCCCCCCCCCCC(C)C. The van der Waals surface area contributed by atoms with Crippen molar-refractivity contribution in [3.63, 3.8) is 0 Å². The van der Waals surface area contributed by atoms with Crippen molar-refractivity contribution in [2.24, 2.45) is 11.8 Å². The van der Waals surface area contributed by atoms with Gasteiger partial charge in [-0.2, -0.15) is 0 Å². The highest BCUT2D eigenvalue weighted by molar-refractivity contribution is 7.47. The molecule has 540 valence electrons. The minimum atomic E-state index is -4.95.